The van der Waals surface area contributed by atoms with E-state index >= 15 is 0 Å². The second-order valence-electron chi connectivity index (χ2n) is 6.69. The third-order valence-corrected chi connectivity index (χ3v) is 5.65. The average Bonchev–Trinajstić information content (AvgIpc) is 2.67. The van der Waals surface area contributed by atoms with Gasteiger partial charge in [-0.3, -0.25) is 0 Å². The summed E-state index contributed by atoms with van der Waals surface area (Å²) in [4.78, 5) is 2.62. The van der Waals surface area contributed by atoms with Gasteiger partial charge in [0.15, 0.2) is 0 Å². The molecule has 2 nitrogen and oxygen atoms in total. The van der Waals surface area contributed by atoms with Crippen LogP contribution in [-0.2, 0) is 0 Å². The Balaban J connectivity index is 1.66. The van der Waals surface area contributed by atoms with E-state index in [9.17, 15) is 0 Å². The van der Waals surface area contributed by atoms with Crippen molar-refractivity contribution in [2.45, 2.75) is 75.9 Å². The first kappa shape index (κ1) is 12.7. The quantitative estimate of drug-likeness (QED) is 0.761. The van der Waals surface area contributed by atoms with Crippen LogP contribution < -0.4 is 5.73 Å². The molecular weight excluding hydrogens is 220 g/mol. The lowest BCUT2D eigenvalue weighted by atomic mass is 9.81. The molecule has 3 atom stereocenters. The Morgan fingerprint density at radius 2 is 1.89 bits per heavy atom. The van der Waals surface area contributed by atoms with Gasteiger partial charge in [0.25, 0.3) is 0 Å². The molecule has 0 aromatic carbocycles. The minimum Gasteiger partial charge on any atom is -0.324 e. The lowest BCUT2D eigenvalue weighted by Gasteiger charge is -2.39. The predicted octanol–water partition coefficient (Wildman–Crippen LogP) is 3.08. The molecule has 1 aliphatic carbocycles. The van der Waals surface area contributed by atoms with E-state index in [1.54, 1.807) is 5.57 Å². The van der Waals surface area contributed by atoms with E-state index in [1.807, 2.05) is 0 Å². The number of allylic oxidation sites excluding steroid dienone is 1. The van der Waals surface area contributed by atoms with Crippen LogP contribution in [0.1, 0.15) is 57.8 Å². The SMILES string of the molecule is CN1C2CCC1CC(C(N)C1=CCCCCC1)C2. The second-order valence-corrected chi connectivity index (χ2v) is 6.69. The van der Waals surface area contributed by atoms with Gasteiger partial charge in [0, 0.05) is 18.1 Å². The van der Waals surface area contributed by atoms with Gasteiger partial charge in [0.05, 0.1) is 0 Å². The molecule has 3 aliphatic rings. The summed E-state index contributed by atoms with van der Waals surface area (Å²) < 4.78 is 0. The van der Waals surface area contributed by atoms with Crippen molar-refractivity contribution >= 4 is 0 Å². The Bertz CT molecular complexity index is 309. The number of nitrogens with zero attached hydrogens (tertiary/aromatic N) is 1. The highest BCUT2D eigenvalue weighted by molar-refractivity contribution is 5.14. The van der Waals surface area contributed by atoms with Gasteiger partial charge in [-0.05, 0) is 64.3 Å². The van der Waals surface area contributed by atoms with Gasteiger partial charge < -0.3 is 10.6 Å². The largest absolute Gasteiger partial charge is 0.324 e. The Kier molecular flexibility index (Phi) is 3.76. The van der Waals surface area contributed by atoms with Crippen LogP contribution in [0.5, 0.6) is 0 Å². The Hall–Kier alpha value is -0.340. The molecule has 0 saturated carbocycles. The fraction of sp³-hybridized carbons (Fsp3) is 0.875. The van der Waals surface area contributed by atoms with Gasteiger partial charge in [-0.25, -0.2) is 0 Å². The molecule has 2 heteroatoms. The van der Waals surface area contributed by atoms with Crippen LogP contribution in [0, 0.1) is 5.92 Å². The molecule has 0 radical (unpaired) electrons. The predicted molar refractivity (Wildman–Crippen MR) is 76.4 cm³/mol. The maximum Gasteiger partial charge on any atom is 0.0283 e. The van der Waals surface area contributed by atoms with Gasteiger partial charge in [0.2, 0.25) is 0 Å². The third-order valence-electron chi connectivity index (χ3n) is 5.65. The van der Waals surface area contributed by atoms with Gasteiger partial charge in [-0.2, -0.15) is 0 Å². The number of hydrogen-bond donors (Lipinski definition) is 1. The van der Waals surface area contributed by atoms with Crippen LogP contribution in [0.3, 0.4) is 0 Å². The van der Waals surface area contributed by atoms with E-state index < -0.39 is 0 Å². The van der Waals surface area contributed by atoms with Crippen molar-refractivity contribution in [3.63, 3.8) is 0 Å². The Labute approximate surface area is 112 Å². The summed E-state index contributed by atoms with van der Waals surface area (Å²) in [6.07, 6.45) is 14.6. The molecule has 2 bridgehead atoms. The van der Waals surface area contributed by atoms with E-state index in [2.05, 4.69) is 18.0 Å². The summed E-state index contributed by atoms with van der Waals surface area (Å²) in [6, 6.07) is 2.01. The van der Waals surface area contributed by atoms with Crippen molar-refractivity contribution in [1.82, 2.24) is 4.90 Å². The van der Waals surface area contributed by atoms with E-state index in [0.29, 0.717) is 6.04 Å². The number of rotatable bonds is 2. The van der Waals surface area contributed by atoms with Crippen LogP contribution in [0.15, 0.2) is 11.6 Å². The average molecular weight is 248 g/mol. The van der Waals surface area contributed by atoms with Gasteiger partial charge in [-0.15, -0.1) is 0 Å². The van der Waals surface area contributed by atoms with Gasteiger partial charge >= 0.3 is 0 Å². The van der Waals surface area contributed by atoms with Crippen molar-refractivity contribution in [3.8, 4) is 0 Å². The van der Waals surface area contributed by atoms with Crippen molar-refractivity contribution in [3.05, 3.63) is 11.6 Å². The van der Waals surface area contributed by atoms with E-state index in [-0.39, 0.29) is 0 Å². The summed E-state index contributed by atoms with van der Waals surface area (Å²) in [5, 5.41) is 0. The van der Waals surface area contributed by atoms with Crippen LogP contribution >= 0.6 is 0 Å². The molecular formula is C16H28N2. The molecule has 2 fully saturated rings. The molecule has 2 heterocycles. The minimum absolute atomic E-state index is 0.361. The molecule has 2 N–H and O–H groups in total. The highest BCUT2D eigenvalue weighted by Gasteiger charge is 2.40. The van der Waals surface area contributed by atoms with E-state index in [4.69, 9.17) is 5.73 Å². The molecule has 2 saturated heterocycles. The molecule has 18 heavy (non-hydrogen) atoms. The highest BCUT2D eigenvalue weighted by atomic mass is 15.2. The first-order valence-electron chi connectivity index (χ1n) is 7.92. The summed E-state index contributed by atoms with van der Waals surface area (Å²) in [7, 11) is 2.31. The Morgan fingerprint density at radius 3 is 2.61 bits per heavy atom. The summed E-state index contributed by atoms with van der Waals surface area (Å²) >= 11 is 0. The van der Waals surface area contributed by atoms with Gasteiger partial charge in [0.1, 0.15) is 0 Å². The van der Waals surface area contributed by atoms with Crippen LogP contribution in [0.2, 0.25) is 0 Å². The zero-order chi connectivity index (χ0) is 12.5. The van der Waals surface area contributed by atoms with Crippen LogP contribution in [0.25, 0.3) is 0 Å². The standard InChI is InChI=1S/C16H28N2/c1-18-14-8-9-15(18)11-13(10-14)16(17)12-6-4-2-3-5-7-12/h6,13-16H,2-5,7-11,17H2,1H3. The molecule has 3 rings (SSSR count). The van der Waals surface area contributed by atoms with Crippen molar-refractivity contribution in [2.24, 2.45) is 11.7 Å². The van der Waals surface area contributed by atoms with Gasteiger partial charge in [-0.1, -0.05) is 18.1 Å². The molecule has 102 valence electrons. The fourth-order valence-electron chi connectivity index (χ4n) is 4.39. The molecule has 0 amide bonds. The normalized spacial score (nSPS) is 39.2. The highest BCUT2D eigenvalue weighted by Crippen LogP contribution is 2.40. The molecule has 0 spiro atoms. The molecule has 3 unspecified atom stereocenters. The zero-order valence-electron chi connectivity index (χ0n) is 11.8. The Morgan fingerprint density at radius 1 is 1.17 bits per heavy atom. The van der Waals surface area contributed by atoms with Crippen LogP contribution in [-0.4, -0.2) is 30.1 Å². The first-order valence-corrected chi connectivity index (χ1v) is 7.92. The number of hydrogen-bond acceptors (Lipinski definition) is 2. The molecule has 0 aromatic rings. The zero-order valence-corrected chi connectivity index (χ0v) is 11.8. The lowest BCUT2D eigenvalue weighted by Crippen LogP contribution is -2.46. The van der Waals surface area contributed by atoms with E-state index in [1.165, 1.54) is 57.8 Å². The summed E-state index contributed by atoms with van der Waals surface area (Å²) in [5.41, 5.74) is 8.19. The summed E-state index contributed by atoms with van der Waals surface area (Å²) in [5.74, 6) is 0.753. The summed E-state index contributed by atoms with van der Waals surface area (Å²) in [6.45, 7) is 0. The monoisotopic (exact) mass is 248 g/mol. The third kappa shape index (κ3) is 2.37. The minimum atomic E-state index is 0.361. The second kappa shape index (κ2) is 5.34. The maximum atomic E-state index is 6.60. The number of nitrogens with two attached hydrogens (primary N) is 1. The first-order chi connectivity index (χ1) is 8.75. The van der Waals surface area contributed by atoms with Crippen LogP contribution in [0.4, 0.5) is 0 Å². The maximum absolute atomic E-state index is 6.60. The number of piperidine rings is 1. The van der Waals surface area contributed by atoms with Crippen molar-refractivity contribution in [2.75, 3.05) is 7.05 Å². The molecule has 0 aromatic heterocycles. The molecule has 2 aliphatic heterocycles. The fourth-order valence-corrected chi connectivity index (χ4v) is 4.39. The van der Waals surface area contributed by atoms with Crippen molar-refractivity contribution in [1.29, 1.82) is 0 Å². The van der Waals surface area contributed by atoms with E-state index in [0.717, 1.165) is 18.0 Å². The topological polar surface area (TPSA) is 29.3 Å². The smallest absolute Gasteiger partial charge is 0.0283 e. The van der Waals surface area contributed by atoms with Crippen molar-refractivity contribution < 1.29 is 0 Å². The number of fused-ring (bicyclic) bond motifs is 2. The lowest BCUT2D eigenvalue weighted by molar-refractivity contribution is 0.125.